The molecule has 2 aliphatic rings. The maximum atomic E-state index is 6.23. The van der Waals surface area contributed by atoms with Crippen LogP contribution in [-0.4, -0.2) is 10.1 Å². The van der Waals surface area contributed by atoms with Gasteiger partial charge < -0.3 is 10.3 Å². The van der Waals surface area contributed by atoms with Crippen molar-refractivity contribution in [2.24, 2.45) is 17.6 Å². The lowest BCUT2D eigenvalue weighted by Crippen LogP contribution is -2.44. The Morgan fingerprint density at radius 3 is 2.63 bits per heavy atom. The van der Waals surface area contributed by atoms with E-state index in [1.165, 1.54) is 38.5 Å². The van der Waals surface area contributed by atoms with Crippen LogP contribution in [-0.2, 0) is 12.0 Å². The molecule has 19 heavy (non-hydrogen) atoms. The van der Waals surface area contributed by atoms with Crippen LogP contribution in [0.2, 0.25) is 0 Å². The van der Waals surface area contributed by atoms with Gasteiger partial charge in [-0.25, -0.2) is 0 Å². The van der Waals surface area contributed by atoms with Gasteiger partial charge in [0.2, 0.25) is 5.89 Å². The number of nitrogens with zero attached hydrogens (tertiary/aromatic N) is 2. The summed E-state index contributed by atoms with van der Waals surface area (Å²) in [6.07, 6.45) is 11.0. The van der Waals surface area contributed by atoms with Crippen LogP contribution in [0.1, 0.15) is 70.0 Å². The zero-order chi connectivity index (χ0) is 13.3. The maximum Gasteiger partial charge on any atom is 0.226 e. The Balaban J connectivity index is 1.60. The molecule has 1 aromatic rings. The average molecular weight is 263 g/mol. The Bertz CT molecular complexity index is 419. The van der Waals surface area contributed by atoms with Crippen molar-refractivity contribution in [1.29, 1.82) is 0 Å². The molecule has 4 nitrogen and oxygen atoms in total. The van der Waals surface area contributed by atoms with Gasteiger partial charge in [-0.05, 0) is 31.1 Å². The second kappa shape index (κ2) is 5.23. The van der Waals surface area contributed by atoms with E-state index in [2.05, 4.69) is 17.1 Å². The molecular weight excluding hydrogens is 238 g/mol. The summed E-state index contributed by atoms with van der Waals surface area (Å²) < 4.78 is 5.41. The van der Waals surface area contributed by atoms with E-state index >= 15 is 0 Å². The van der Waals surface area contributed by atoms with Crippen LogP contribution in [0.15, 0.2) is 4.52 Å². The van der Waals surface area contributed by atoms with Crippen molar-refractivity contribution in [3.05, 3.63) is 11.7 Å². The van der Waals surface area contributed by atoms with Crippen LogP contribution in [0, 0.1) is 11.8 Å². The first-order valence-electron chi connectivity index (χ1n) is 7.79. The van der Waals surface area contributed by atoms with Gasteiger partial charge in [0, 0.05) is 6.42 Å². The summed E-state index contributed by atoms with van der Waals surface area (Å²) in [6, 6.07) is 0. The molecule has 0 saturated heterocycles. The van der Waals surface area contributed by atoms with Gasteiger partial charge in [-0.2, -0.15) is 4.98 Å². The first-order valence-corrected chi connectivity index (χ1v) is 7.79. The molecule has 0 amide bonds. The van der Waals surface area contributed by atoms with Crippen molar-refractivity contribution in [3.8, 4) is 0 Å². The fourth-order valence-electron chi connectivity index (χ4n) is 3.47. The third-order valence-electron chi connectivity index (χ3n) is 5.11. The van der Waals surface area contributed by atoms with E-state index < -0.39 is 0 Å². The monoisotopic (exact) mass is 263 g/mol. The fraction of sp³-hybridized carbons (Fsp3) is 0.867. The molecule has 2 saturated carbocycles. The molecule has 0 radical (unpaired) electrons. The lowest BCUT2D eigenvalue weighted by atomic mass is 9.77. The molecule has 0 aliphatic heterocycles. The van der Waals surface area contributed by atoms with Gasteiger partial charge in [0.25, 0.3) is 0 Å². The standard InChI is InChI=1S/C15H25N3O/c1-11(12-6-3-2-4-7-12)10-13-17-14(18-19-13)15(16)8-5-9-15/h11-12H,2-10,16H2,1H3. The molecule has 1 heterocycles. The Hall–Kier alpha value is -0.900. The highest BCUT2D eigenvalue weighted by atomic mass is 16.5. The van der Waals surface area contributed by atoms with E-state index in [0.717, 1.165) is 36.9 Å². The number of nitrogens with two attached hydrogens (primary N) is 1. The normalized spacial score (nSPS) is 24.9. The lowest BCUT2D eigenvalue weighted by Gasteiger charge is -2.34. The van der Waals surface area contributed by atoms with Gasteiger partial charge in [0.05, 0.1) is 5.54 Å². The summed E-state index contributed by atoms with van der Waals surface area (Å²) in [5.74, 6) is 2.98. The van der Waals surface area contributed by atoms with Crippen LogP contribution in [0.4, 0.5) is 0 Å². The van der Waals surface area contributed by atoms with E-state index in [9.17, 15) is 0 Å². The number of aromatic nitrogens is 2. The minimum absolute atomic E-state index is 0.296. The second-order valence-corrected chi connectivity index (χ2v) is 6.60. The summed E-state index contributed by atoms with van der Waals surface area (Å²) in [5, 5.41) is 4.10. The second-order valence-electron chi connectivity index (χ2n) is 6.60. The fourth-order valence-corrected chi connectivity index (χ4v) is 3.47. The molecule has 3 rings (SSSR count). The Labute approximate surface area is 115 Å². The molecule has 2 N–H and O–H groups in total. The van der Waals surface area contributed by atoms with Gasteiger partial charge >= 0.3 is 0 Å². The number of rotatable bonds is 4. The predicted octanol–water partition coefficient (Wildman–Crippen LogP) is 3.17. The van der Waals surface area contributed by atoms with E-state index in [0.29, 0.717) is 5.92 Å². The Kier molecular flexibility index (Phi) is 3.61. The van der Waals surface area contributed by atoms with Crippen LogP contribution >= 0.6 is 0 Å². The Morgan fingerprint density at radius 2 is 2.00 bits per heavy atom. The van der Waals surface area contributed by atoms with Crippen LogP contribution in [0.5, 0.6) is 0 Å². The SMILES string of the molecule is CC(Cc1nc(C2(N)CCC2)no1)C1CCCCC1. The quantitative estimate of drug-likeness (QED) is 0.906. The third kappa shape index (κ3) is 2.69. The van der Waals surface area contributed by atoms with Crippen molar-refractivity contribution in [1.82, 2.24) is 10.1 Å². The molecular formula is C15H25N3O. The van der Waals surface area contributed by atoms with E-state index in [1.807, 2.05) is 0 Å². The third-order valence-corrected chi connectivity index (χ3v) is 5.11. The van der Waals surface area contributed by atoms with Gasteiger partial charge in [-0.15, -0.1) is 0 Å². The van der Waals surface area contributed by atoms with Crippen LogP contribution < -0.4 is 5.73 Å². The molecule has 1 unspecified atom stereocenters. The number of hydrogen-bond donors (Lipinski definition) is 1. The highest BCUT2D eigenvalue weighted by Gasteiger charge is 2.39. The first kappa shape index (κ1) is 13.1. The summed E-state index contributed by atoms with van der Waals surface area (Å²) in [7, 11) is 0. The largest absolute Gasteiger partial charge is 0.339 e. The molecule has 1 atom stereocenters. The van der Waals surface area contributed by atoms with E-state index in [4.69, 9.17) is 10.3 Å². The number of hydrogen-bond acceptors (Lipinski definition) is 4. The molecule has 2 fully saturated rings. The van der Waals surface area contributed by atoms with Crippen LogP contribution in [0.3, 0.4) is 0 Å². The van der Waals surface area contributed by atoms with Gasteiger partial charge in [0.15, 0.2) is 5.82 Å². The highest BCUT2D eigenvalue weighted by molar-refractivity contribution is 5.08. The first-order chi connectivity index (χ1) is 9.17. The average Bonchev–Trinajstić information content (AvgIpc) is 2.86. The lowest BCUT2D eigenvalue weighted by molar-refractivity contribution is 0.226. The maximum absolute atomic E-state index is 6.23. The summed E-state index contributed by atoms with van der Waals surface area (Å²) in [6.45, 7) is 2.32. The molecule has 2 aliphatic carbocycles. The van der Waals surface area contributed by atoms with Crippen molar-refractivity contribution in [3.63, 3.8) is 0 Å². The topological polar surface area (TPSA) is 64.9 Å². The zero-order valence-electron chi connectivity index (χ0n) is 11.9. The van der Waals surface area contributed by atoms with E-state index in [1.54, 1.807) is 0 Å². The molecule has 0 aromatic carbocycles. The zero-order valence-corrected chi connectivity index (χ0v) is 11.9. The van der Waals surface area contributed by atoms with Crippen LogP contribution in [0.25, 0.3) is 0 Å². The Morgan fingerprint density at radius 1 is 1.26 bits per heavy atom. The molecule has 4 heteroatoms. The van der Waals surface area contributed by atoms with Crippen molar-refractivity contribution >= 4 is 0 Å². The highest BCUT2D eigenvalue weighted by Crippen LogP contribution is 2.37. The van der Waals surface area contributed by atoms with E-state index in [-0.39, 0.29) is 5.54 Å². The molecule has 0 bridgehead atoms. The van der Waals surface area contributed by atoms with Gasteiger partial charge in [-0.3, -0.25) is 0 Å². The minimum atomic E-state index is -0.296. The summed E-state index contributed by atoms with van der Waals surface area (Å²) in [4.78, 5) is 4.54. The summed E-state index contributed by atoms with van der Waals surface area (Å²) >= 11 is 0. The van der Waals surface area contributed by atoms with Gasteiger partial charge in [-0.1, -0.05) is 44.2 Å². The molecule has 1 aromatic heterocycles. The van der Waals surface area contributed by atoms with Crippen molar-refractivity contribution in [2.75, 3.05) is 0 Å². The van der Waals surface area contributed by atoms with Gasteiger partial charge in [0.1, 0.15) is 0 Å². The van der Waals surface area contributed by atoms with Crippen molar-refractivity contribution < 1.29 is 4.52 Å². The molecule has 0 spiro atoms. The van der Waals surface area contributed by atoms with Crippen molar-refractivity contribution in [2.45, 2.75) is 70.3 Å². The molecule has 106 valence electrons. The predicted molar refractivity (Wildman–Crippen MR) is 73.5 cm³/mol. The summed E-state index contributed by atoms with van der Waals surface area (Å²) in [5.41, 5.74) is 5.93. The minimum Gasteiger partial charge on any atom is -0.339 e. The smallest absolute Gasteiger partial charge is 0.226 e.